The minimum Gasteiger partial charge on any atom is -0.465 e. The molecule has 1 saturated heterocycles. The molecule has 0 bridgehead atoms. The Balaban J connectivity index is 1.89. The fourth-order valence-electron chi connectivity index (χ4n) is 2.28. The van der Waals surface area contributed by atoms with Crippen molar-refractivity contribution in [3.8, 4) is 0 Å². The highest BCUT2D eigenvalue weighted by molar-refractivity contribution is 5.65. The maximum atomic E-state index is 10.8. The molecular weight excluding hydrogens is 216 g/mol. The van der Waals surface area contributed by atoms with Crippen molar-refractivity contribution < 1.29 is 9.90 Å². The van der Waals surface area contributed by atoms with Crippen molar-refractivity contribution in [3.63, 3.8) is 0 Å². The molecule has 92 valence electrons. The number of carbonyl (C=O) groups is 1. The Morgan fingerprint density at radius 3 is 2.76 bits per heavy atom. The number of nitrogens with zero attached hydrogens (tertiary/aromatic N) is 2. The second-order valence-electron chi connectivity index (χ2n) is 4.57. The van der Waals surface area contributed by atoms with Crippen molar-refractivity contribution in [3.05, 3.63) is 35.9 Å². The number of hydrogen-bond donors (Lipinski definition) is 1. The van der Waals surface area contributed by atoms with E-state index in [9.17, 15) is 4.79 Å². The molecule has 0 spiro atoms. The first-order chi connectivity index (χ1) is 8.16. The fraction of sp³-hybridized carbons (Fsp3) is 0.462. The molecule has 1 fully saturated rings. The molecule has 1 atom stereocenters. The average molecular weight is 234 g/mol. The lowest BCUT2D eigenvalue weighted by Gasteiger charge is -2.24. The summed E-state index contributed by atoms with van der Waals surface area (Å²) in [6, 6.07) is 10.6. The van der Waals surface area contributed by atoms with Gasteiger partial charge in [0.1, 0.15) is 0 Å². The molecule has 2 rings (SSSR count). The summed E-state index contributed by atoms with van der Waals surface area (Å²) in [5, 5.41) is 8.91. The quantitative estimate of drug-likeness (QED) is 0.868. The topological polar surface area (TPSA) is 43.8 Å². The van der Waals surface area contributed by atoms with E-state index in [4.69, 9.17) is 5.11 Å². The monoisotopic (exact) mass is 234 g/mol. The van der Waals surface area contributed by atoms with Gasteiger partial charge in [-0.15, -0.1) is 0 Å². The SMILES string of the molecule is CN(Cc1ccccc1)C1CCN(C(=O)O)C1. The molecule has 0 saturated carbocycles. The van der Waals surface area contributed by atoms with Gasteiger partial charge in [-0.25, -0.2) is 4.79 Å². The number of likely N-dealkylation sites (N-methyl/N-ethyl adjacent to an activating group) is 1. The lowest BCUT2D eigenvalue weighted by atomic mass is 10.1. The second-order valence-corrected chi connectivity index (χ2v) is 4.57. The predicted molar refractivity (Wildman–Crippen MR) is 65.9 cm³/mol. The number of hydrogen-bond acceptors (Lipinski definition) is 2. The summed E-state index contributed by atoms with van der Waals surface area (Å²) in [4.78, 5) is 14.6. The number of likely N-dealkylation sites (tertiary alicyclic amines) is 1. The zero-order chi connectivity index (χ0) is 12.3. The van der Waals surface area contributed by atoms with E-state index in [1.807, 2.05) is 18.2 Å². The first-order valence-electron chi connectivity index (χ1n) is 5.89. The standard InChI is InChI=1S/C13H18N2O2/c1-14(9-11-5-3-2-4-6-11)12-7-8-15(10-12)13(16)17/h2-6,12H,7-10H2,1H3,(H,16,17). The molecule has 17 heavy (non-hydrogen) atoms. The third-order valence-electron chi connectivity index (χ3n) is 3.33. The van der Waals surface area contributed by atoms with Crippen molar-refractivity contribution in [1.29, 1.82) is 0 Å². The lowest BCUT2D eigenvalue weighted by molar-refractivity contribution is 0.149. The van der Waals surface area contributed by atoms with E-state index in [0.29, 0.717) is 19.1 Å². The van der Waals surface area contributed by atoms with Crippen LogP contribution in [0.5, 0.6) is 0 Å². The first-order valence-corrected chi connectivity index (χ1v) is 5.89. The Kier molecular flexibility index (Phi) is 3.64. The average Bonchev–Trinajstić information content (AvgIpc) is 2.79. The van der Waals surface area contributed by atoms with E-state index in [1.165, 1.54) is 10.5 Å². The van der Waals surface area contributed by atoms with Gasteiger partial charge in [-0.2, -0.15) is 0 Å². The van der Waals surface area contributed by atoms with Gasteiger partial charge in [-0.05, 0) is 19.0 Å². The van der Waals surface area contributed by atoms with Gasteiger partial charge in [0.15, 0.2) is 0 Å². The summed E-state index contributed by atoms with van der Waals surface area (Å²) in [6.07, 6.45) is 0.121. The van der Waals surface area contributed by atoms with Crippen LogP contribution in [-0.4, -0.2) is 47.2 Å². The Morgan fingerprint density at radius 2 is 2.18 bits per heavy atom. The molecule has 4 nitrogen and oxygen atoms in total. The molecule has 0 aliphatic carbocycles. The fourth-order valence-corrected chi connectivity index (χ4v) is 2.28. The smallest absolute Gasteiger partial charge is 0.407 e. The molecule has 1 aliphatic rings. The second kappa shape index (κ2) is 5.19. The maximum Gasteiger partial charge on any atom is 0.407 e. The third-order valence-corrected chi connectivity index (χ3v) is 3.33. The predicted octanol–water partition coefficient (Wildman–Crippen LogP) is 1.87. The van der Waals surface area contributed by atoms with E-state index in [2.05, 4.69) is 24.1 Å². The van der Waals surface area contributed by atoms with Crippen LogP contribution in [0.15, 0.2) is 30.3 Å². The molecule has 0 radical (unpaired) electrons. The van der Waals surface area contributed by atoms with E-state index in [1.54, 1.807) is 0 Å². The van der Waals surface area contributed by atoms with E-state index >= 15 is 0 Å². The molecule has 1 aromatic rings. The highest BCUT2D eigenvalue weighted by Crippen LogP contribution is 2.16. The van der Waals surface area contributed by atoms with Crippen LogP contribution in [0, 0.1) is 0 Å². The maximum absolute atomic E-state index is 10.8. The Bertz CT molecular complexity index is 380. The van der Waals surface area contributed by atoms with Gasteiger partial charge in [-0.3, -0.25) is 4.90 Å². The van der Waals surface area contributed by atoms with E-state index in [0.717, 1.165) is 13.0 Å². The Labute approximate surface area is 101 Å². The first kappa shape index (κ1) is 11.9. The van der Waals surface area contributed by atoms with Crippen LogP contribution >= 0.6 is 0 Å². The van der Waals surface area contributed by atoms with Gasteiger partial charge in [-0.1, -0.05) is 30.3 Å². The van der Waals surface area contributed by atoms with Crippen LogP contribution in [0.3, 0.4) is 0 Å². The summed E-state index contributed by atoms with van der Waals surface area (Å²) in [7, 11) is 2.06. The third kappa shape index (κ3) is 2.97. The lowest BCUT2D eigenvalue weighted by Crippen LogP contribution is -2.35. The van der Waals surface area contributed by atoms with Crippen LogP contribution in [0.4, 0.5) is 4.79 Å². The molecule has 1 amide bonds. The minimum absolute atomic E-state index is 0.339. The highest BCUT2D eigenvalue weighted by atomic mass is 16.4. The largest absolute Gasteiger partial charge is 0.465 e. The normalized spacial score (nSPS) is 19.9. The summed E-state index contributed by atoms with van der Waals surface area (Å²) >= 11 is 0. The molecule has 1 unspecified atom stereocenters. The molecule has 4 heteroatoms. The number of amides is 1. The van der Waals surface area contributed by atoms with Crippen LogP contribution in [-0.2, 0) is 6.54 Å². The number of benzene rings is 1. The van der Waals surface area contributed by atoms with Crippen molar-refractivity contribution >= 4 is 6.09 Å². The number of rotatable bonds is 3. The molecule has 1 N–H and O–H groups in total. The highest BCUT2D eigenvalue weighted by Gasteiger charge is 2.28. The van der Waals surface area contributed by atoms with Crippen LogP contribution in [0.25, 0.3) is 0 Å². The van der Waals surface area contributed by atoms with E-state index < -0.39 is 6.09 Å². The molecular formula is C13H18N2O2. The molecule has 1 aliphatic heterocycles. The Morgan fingerprint density at radius 1 is 1.47 bits per heavy atom. The van der Waals surface area contributed by atoms with E-state index in [-0.39, 0.29) is 0 Å². The van der Waals surface area contributed by atoms with Gasteiger partial charge in [0.2, 0.25) is 0 Å². The van der Waals surface area contributed by atoms with Gasteiger partial charge < -0.3 is 10.0 Å². The van der Waals surface area contributed by atoms with Gasteiger partial charge >= 0.3 is 6.09 Å². The van der Waals surface area contributed by atoms with Crippen molar-refractivity contribution in [1.82, 2.24) is 9.80 Å². The van der Waals surface area contributed by atoms with Gasteiger partial charge in [0.05, 0.1) is 0 Å². The summed E-state index contributed by atoms with van der Waals surface area (Å²) in [5.74, 6) is 0. The van der Waals surface area contributed by atoms with Gasteiger partial charge in [0.25, 0.3) is 0 Å². The summed E-state index contributed by atoms with van der Waals surface area (Å²) in [5.41, 5.74) is 1.27. The summed E-state index contributed by atoms with van der Waals surface area (Å²) in [6.45, 7) is 2.15. The van der Waals surface area contributed by atoms with Crippen LogP contribution in [0.1, 0.15) is 12.0 Å². The van der Waals surface area contributed by atoms with Crippen LogP contribution < -0.4 is 0 Å². The van der Waals surface area contributed by atoms with Crippen molar-refractivity contribution in [2.24, 2.45) is 0 Å². The number of carboxylic acid groups (broad SMARTS) is 1. The molecule has 1 aromatic carbocycles. The van der Waals surface area contributed by atoms with Crippen molar-refractivity contribution in [2.45, 2.75) is 19.0 Å². The molecule has 0 aromatic heterocycles. The van der Waals surface area contributed by atoms with Gasteiger partial charge in [0, 0.05) is 25.7 Å². The molecule has 1 heterocycles. The van der Waals surface area contributed by atoms with Crippen LogP contribution in [0.2, 0.25) is 0 Å². The minimum atomic E-state index is -0.805. The zero-order valence-electron chi connectivity index (χ0n) is 10.0. The van der Waals surface area contributed by atoms with Crippen molar-refractivity contribution in [2.75, 3.05) is 20.1 Å². The zero-order valence-corrected chi connectivity index (χ0v) is 10.0. The Hall–Kier alpha value is -1.55. The summed E-state index contributed by atoms with van der Waals surface area (Å²) < 4.78 is 0.